The molecule has 0 fully saturated rings. The van der Waals surface area contributed by atoms with E-state index < -0.39 is 0 Å². The van der Waals surface area contributed by atoms with Gasteiger partial charge in [0.05, 0.1) is 17.3 Å². The van der Waals surface area contributed by atoms with Gasteiger partial charge >= 0.3 is 0 Å². The molecule has 3 aromatic rings. The van der Waals surface area contributed by atoms with Crippen LogP contribution in [-0.4, -0.2) is 31.0 Å². The molecule has 26 heavy (non-hydrogen) atoms. The van der Waals surface area contributed by atoms with Gasteiger partial charge in [-0.1, -0.05) is 17.4 Å². The van der Waals surface area contributed by atoms with E-state index in [0.717, 1.165) is 10.2 Å². The molecule has 134 valence electrons. The molecular weight excluding hydrogens is 356 g/mol. The number of aromatic nitrogens is 1. The van der Waals surface area contributed by atoms with Crippen molar-refractivity contribution in [3.05, 3.63) is 41.2 Å². The molecule has 0 aliphatic carbocycles. The van der Waals surface area contributed by atoms with Gasteiger partial charge in [-0.15, -0.1) is 0 Å². The number of fused-ring (bicyclic) bond motifs is 2. The molecule has 0 bridgehead atoms. The van der Waals surface area contributed by atoms with Gasteiger partial charge in [0, 0.05) is 25.2 Å². The smallest absolute Gasteiger partial charge is 0.286 e. The van der Waals surface area contributed by atoms with Crippen LogP contribution in [0.5, 0.6) is 23.0 Å². The fourth-order valence-electron chi connectivity index (χ4n) is 2.60. The molecule has 1 aliphatic heterocycles. The maximum absolute atomic E-state index is 12.2. The standard InChI is InChI=1S/C18H16N2O5S/c1-20-13-7-14-15(25-10-24-14)8-16(13)26-18(20)19-17(21)9-23-12-5-3-4-11(6-12)22-2/h3-8H,9-10H2,1-2H3. The molecule has 0 radical (unpaired) electrons. The van der Waals surface area contributed by atoms with E-state index in [-0.39, 0.29) is 19.3 Å². The molecule has 2 aromatic carbocycles. The Hall–Kier alpha value is -3.00. The fourth-order valence-corrected chi connectivity index (χ4v) is 3.64. The maximum atomic E-state index is 12.2. The van der Waals surface area contributed by atoms with Crippen molar-refractivity contribution in [3.8, 4) is 23.0 Å². The minimum atomic E-state index is -0.366. The van der Waals surface area contributed by atoms with Crippen LogP contribution in [0, 0.1) is 0 Å². The molecule has 4 rings (SSSR count). The first-order valence-corrected chi connectivity index (χ1v) is 8.69. The molecular formula is C18H16N2O5S. The van der Waals surface area contributed by atoms with E-state index in [2.05, 4.69) is 4.99 Å². The van der Waals surface area contributed by atoms with Gasteiger partial charge in [0.1, 0.15) is 11.5 Å². The Morgan fingerprint density at radius 1 is 1.23 bits per heavy atom. The van der Waals surface area contributed by atoms with Crippen LogP contribution in [0.15, 0.2) is 41.4 Å². The van der Waals surface area contributed by atoms with E-state index in [1.54, 1.807) is 31.4 Å². The third-order valence-corrected chi connectivity index (χ3v) is 5.02. The second-order valence-corrected chi connectivity index (χ2v) is 6.60. The lowest BCUT2D eigenvalue weighted by Crippen LogP contribution is -2.17. The third-order valence-electron chi connectivity index (χ3n) is 3.93. The Bertz CT molecular complexity index is 1050. The summed E-state index contributed by atoms with van der Waals surface area (Å²) in [6, 6.07) is 10.9. The normalized spacial score (nSPS) is 13.2. The summed E-state index contributed by atoms with van der Waals surface area (Å²) in [5.41, 5.74) is 0.930. The second-order valence-electron chi connectivity index (χ2n) is 5.59. The number of benzene rings is 2. The average Bonchev–Trinajstić information content (AvgIpc) is 3.23. The van der Waals surface area contributed by atoms with Crippen LogP contribution in [0.4, 0.5) is 0 Å². The molecule has 0 saturated heterocycles. The van der Waals surface area contributed by atoms with E-state index in [9.17, 15) is 4.79 Å². The topological polar surface area (TPSA) is 71.3 Å². The summed E-state index contributed by atoms with van der Waals surface area (Å²) in [7, 11) is 3.43. The highest BCUT2D eigenvalue weighted by atomic mass is 32.1. The number of hydrogen-bond acceptors (Lipinski definition) is 6. The van der Waals surface area contributed by atoms with Crippen LogP contribution in [0.2, 0.25) is 0 Å². The van der Waals surface area contributed by atoms with Gasteiger partial charge in [-0.2, -0.15) is 4.99 Å². The lowest BCUT2D eigenvalue weighted by atomic mass is 10.3. The Morgan fingerprint density at radius 3 is 2.81 bits per heavy atom. The van der Waals surface area contributed by atoms with Gasteiger partial charge in [-0.05, 0) is 12.1 Å². The van der Waals surface area contributed by atoms with Crippen LogP contribution in [0.3, 0.4) is 0 Å². The molecule has 0 saturated carbocycles. The summed E-state index contributed by atoms with van der Waals surface area (Å²) in [5.74, 6) is 2.26. The zero-order chi connectivity index (χ0) is 18.1. The van der Waals surface area contributed by atoms with Crippen molar-refractivity contribution in [2.24, 2.45) is 12.0 Å². The SMILES string of the molecule is COc1cccc(OCC(=O)N=c2sc3cc4c(cc3n2C)OCO4)c1. The van der Waals surface area contributed by atoms with Gasteiger partial charge in [-0.3, -0.25) is 4.79 Å². The highest BCUT2D eigenvalue weighted by molar-refractivity contribution is 7.16. The second kappa shape index (κ2) is 6.72. The molecule has 8 heteroatoms. The van der Waals surface area contributed by atoms with Crippen molar-refractivity contribution in [2.75, 3.05) is 20.5 Å². The summed E-state index contributed by atoms with van der Waals surface area (Å²) in [4.78, 5) is 16.9. The summed E-state index contributed by atoms with van der Waals surface area (Å²) in [6.45, 7) is 0.0811. The van der Waals surface area contributed by atoms with Crippen LogP contribution < -0.4 is 23.7 Å². The van der Waals surface area contributed by atoms with E-state index >= 15 is 0 Å². The number of methoxy groups -OCH3 is 1. The van der Waals surface area contributed by atoms with E-state index in [0.29, 0.717) is 27.8 Å². The predicted molar refractivity (Wildman–Crippen MR) is 96.0 cm³/mol. The summed E-state index contributed by atoms with van der Waals surface area (Å²) in [6.07, 6.45) is 0. The highest BCUT2D eigenvalue weighted by Gasteiger charge is 2.16. The average molecular weight is 372 g/mol. The van der Waals surface area contributed by atoms with Crippen molar-refractivity contribution in [1.82, 2.24) is 4.57 Å². The lowest BCUT2D eigenvalue weighted by molar-refractivity contribution is -0.120. The number of carbonyl (C=O) groups is 1. The van der Waals surface area contributed by atoms with Gasteiger partial charge in [0.15, 0.2) is 22.9 Å². The van der Waals surface area contributed by atoms with Crippen LogP contribution >= 0.6 is 11.3 Å². The van der Waals surface area contributed by atoms with E-state index in [1.165, 1.54) is 11.3 Å². The first-order chi connectivity index (χ1) is 12.6. The molecule has 1 aromatic heterocycles. The molecule has 1 amide bonds. The minimum absolute atomic E-state index is 0.149. The largest absolute Gasteiger partial charge is 0.497 e. The number of rotatable bonds is 4. The van der Waals surface area contributed by atoms with E-state index in [1.807, 2.05) is 23.7 Å². The first-order valence-electron chi connectivity index (χ1n) is 7.87. The van der Waals surface area contributed by atoms with Crippen LogP contribution in [0.25, 0.3) is 10.2 Å². The van der Waals surface area contributed by atoms with Crippen molar-refractivity contribution in [3.63, 3.8) is 0 Å². The van der Waals surface area contributed by atoms with Gasteiger partial charge < -0.3 is 23.5 Å². The zero-order valence-corrected chi connectivity index (χ0v) is 15.0. The Labute approximate surface area is 153 Å². The fraction of sp³-hybridized carbons (Fsp3) is 0.222. The number of hydrogen-bond donors (Lipinski definition) is 0. The van der Waals surface area contributed by atoms with Crippen LogP contribution in [-0.2, 0) is 11.8 Å². The molecule has 2 heterocycles. The maximum Gasteiger partial charge on any atom is 0.286 e. The molecule has 7 nitrogen and oxygen atoms in total. The van der Waals surface area contributed by atoms with Gasteiger partial charge in [-0.25, -0.2) is 0 Å². The summed E-state index contributed by atoms with van der Waals surface area (Å²) in [5, 5.41) is 0. The molecule has 0 unspecified atom stereocenters. The molecule has 1 aliphatic rings. The monoisotopic (exact) mass is 372 g/mol. The van der Waals surface area contributed by atoms with Crippen molar-refractivity contribution >= 4 is 27.5 Å². The highest BCUT2D eigenvalue weighted by Crippen LogP contribution is 2.36. The number of thiazole rings is 1. The number of amides is 1. The molecule has 0 N–H and O–H groups in total. The van der Waals surface area contributed by atoms with Crippen LogP contribution in [0.1, 0.15) is 0 Å². The number of aryl methyl sites for hydroxylation is 1. The Kier molecular flexibility index (Phi) is 4.26. The van der Waals surface area contributed by atoms with Crippen molar-refractivity contribution < 1.29 is 23.7 Å². The Morgan fingerprint density at radius 2 is 2.00 bits per heavy atom. The van der Waals surface area contributed by atoms with Gasteiger partial charge in [0.2, 0.25) is 6.79 Å². The molecule has 0 atom stereocenters. The summed E-state index contributed by atoms with van der Waals surface area (Å²) < 4.78 is 24.2. The van der Waals surface area contributed by atoms with E-state index in [4.69, 9.17) is 18.9 Å². The number of ether oxygens (including phenoxy) is 4. The summed E-state index contributed by atoms with van der Waals surface area (Å²) >= 11 is 1.41. The number of carbonyl (C=O) groups excluding carboxylic acids is 1. The predicted octanol–water partition coefficient (Wildman–Crippen LogP) is 2.48. The Balaban J connectivity index is 1.55. The lowest BCUT2D eigenvalue weighted by Gasteiger charge is -2.05. The van der Waals surface area contributed by atoms with Gasteiger partial charge in [0.25, 0.3) is 5.91 Å². The zero-order valence-electron chi connectivity index (χ0n) is 14.2. The van der Waals surface area contributed by atoms with Crippen molar-refractivity contribution in [1.29, 1.82) is 0 Å². The molecule has 0 spiro atoms. The first kappa shape index (κ1) is 16.5. The third kappa shape index (κ3) is 3.11. The number of nitrogens with zero attached hydrogens (tertiary/aromatic N) is 2. The quantitative estimate of drug-likeness (QED) is 0.704. The van der Waals surface area contributed by atoms with Crippen molar-refractivity contribution in [2.45, 2.75) is 0 Å². The minimum Gasteiger partial charge on any atom is -0.497 e.